The van der Waals surface area contributed by atoms with Gasteiger partial charge >= 0.3 is 0 Å². The van der Waals surface area contributed by atoms with E-state index in [4.69, 9.17) is 5.73 Å². The van der Waals surface area contributed by atoms with Gasteiger partial charge in [-0.15, -0.1) is 0 Å². The van der Waals surface area contributed by atoms with Crippen molar-refractivity contribution in [1.29, 1.82) is 0 Å². The normalized spacial score (nSPS) is 13.0. The summed E-state index contributed by atoms with van der Waals surface area (Å²) >= 11 is 0. The summed E-state index contributed by atoms with van der Waals surface area (Å²) in [5.41, 5.74) is 9.61. The highest BCUT2D eigenvalue weighted by Gasteiger charge is 2.26. The Kier molecular flexibility index (Phi) is 6.39. The first-order valence-corrected chi connectivity index (χ1v) is 9.34. The van der Waals surface area contributed by atoms with Crippen LogP contribution in [0.3, 0.4) is 0 Å². The van der Waals surface area contributed by atoms with Crippen LogP contribution in [0, 0.1) is 0 Å². The van der Waals surface area contributed by atoms with Crippen molar-refractivity contribution in [2.45, 2.75) is 32.0 Å². The maximum Gasteiger partial charge on any atom is 0.240 e. The maximum atomic E-state index is 13.3. The van der Waals surface area contributed by atoms with E-state index in [9.17, 15) is 4.79 Å². The first-order chi connectivity index (χ1) is 13.1. The van der Waals surface area contributed by atoms with Gasteiger partial charge in [0.25, 0.3) is 0 Å². The van der Waals surface area contributed by atoms with Gasteiger partial charge in [0.1, 0.15) is 0 Å². The molecule has 0 aliphatic carbocycles. The van der Waals surface area contributed by atoms with Gasteiger partial charge < -0.3 is 10.6 Å². The zero-order valence-corrected chi connectivity index (χ0v) is 15.7. The number of benzene rings is 3. The molecule has 2 N–H and O–H groups in total. The third-order valence-corrected chi connectivity index (χ3v) is 4.84. The molecule has 1 amide bonds. The van der Waals surface area contributed by atoms with Crippen LogP contribution in [0.2, 0.25) is 0 Å². The Balaban J connectivity index is 1.82. The maximum absolute atomic E-state index is 13.3. The van der Waals surface area contributed by atoms with Crippen molar-refractivity contribution >= 4 is 5.91 Å². The van der Waals surface area contributed by atoms with Crippen LogP contribution in [-0.2, 0) is 17.8 Å². The van der Waals surface area contributed by atoms with Crippen molar-refractivity contribution in [3.8, 4) is 0 Å². The molecule has 3 heteroatoms. The highest BCUT2D eigenvalue weighted by atomic mass is 16.2. The number of hydrogen-bond donors (Lipinski definition) is 1. The highest BCUT2D eigenvalue weighted by Crippen LogP contribution is 2.23. The van der Waals surface area contributed by atoms with E-state index in [2.05, 4.69) is 19.1 Å². The van der Waals surface area contributed by atoms with Gasteiger partial charge in [0.15, 0.2) is 0 Å². The molecule has 0 radical (unpaired) electrons. The Morgan fingerprint density at radius 3 is 1.85 bits per heavy atom. The molecule has 0 saturated carbocycles. The van der Waals surface area contributed by atoms with Gasteiger partial charge in [0.2, 0.25) is 5.91 Å². The molecule has 0 spiro atoms. The van der Waals surface area contributed by atoms with Crippen molar-refractivity contribution < 1.29 is 4.79 Å². The fraction of sp³-hybridized carbons (Fsp3) is 0.208. The second-order valence-electron chi connectivity index (χ2n) is 6.83. The number of amides is 1. The second-order valence-corrected chi connectivity index (χ2v) is 6.83. The molecule has 3 aromatic carbocycles. The van der Waals surface area contributed by atoms with E-state index >= 15 is 0 Å². The molecule has 138 valence electrons. The van der Waals surface area contributed by atoms with Crippen LogP contribution in [0.4, 0.5) is 0 Å². The van der Waals surface area contributed by atoms with E-state index < -0.39 is 6.04 Å². The van der Waals surface area contributed by atoms with Crippen molar-refractivity contribution in [2.24, 2.45) is 5.73 Å². The van der Waals surface area contributed by atoms with E-state index in [1.165, 1.54) is 0 Å². The second kappa shape index (κ2) is 9.15. The largest absolute Gasteiger partial charge is 0.330 e. The Bertz CT molecular complexity index is 834. The lowest BCUT2D eigenvalue weighted by Crippen LogP contribution is -2.45. The van der Waals surface area contributed by atoms with Gasteiger partial charge in [-0.2, -0.15) is 0 Å². The first-order valence-electron chi connectivity index (χ1n) is 9.34. The summed E-state index contributed by atoms with van der Waals surface area (Å²) in [6.45, 7) is 2.60. The monoisotopic (exact) mass is 358 g/mol. The van der Waals surface area contributed by atoms with E-state index in [0.717, 1.165) is 16.7 Å². The van der Waals surface area contributed by atoms with E-state index in [1.807, 2.05) is 83.8 Å². The molecule has 0 heterocycles. The predicted octanol–water partition coefficient (Wildman–Crippen LogP) is 4.35. The third kappa shape index (κ3) is 5.05. The lowest BCUT2D eigenvalue weighted by molar-refractivity contribution is -0.135. The van der Waals surface area contributed by atoms with Gasteiger partial charge in [-0.25, -0.2) is 0 Å². The molecule has 0 aliphatic rings. The number of nitrogens with zero attached hydrogens (tertiary/aromatic N) is 1. The number of rotatable bonds is 7. The van der Waals surface area contributed by atoms with Gasteiger partial charge in [0, 0.05) is 6.54 Å². The predicted molar refractivity (Wildman–Crippen MR) is 110 cm³/mol. The van der Waals surface area contributed by atoms with Gasteiger partial charge in [0.05, 0.1) is 12.1 Å². The van der Waals surface area contributed by atoms with E-state index in [1.54, 1.807) is 0 Å². The van der Waals surface area contributed by atoms with Crippen LogP contribution in [-0.4, -0.2) is 16.8 Å². The smallest absolute Gasteiger partial charge is 0.240 e. The quantitative estimate of drug-likeness (QED) is 0.683. The van der Waals surface area contributed by atoms with E-state index in [-0.39, 0.29) is 11.9 Å². The molecule has 3 rings (SSSR count). The standard InChI is InChI=1S/C24H26N2O/c1-19(22-15-9-4-10-16-22)26(18-21-13-7-3-8-14-21)24(27)23(25)17-20-11-5-2-6-12-20/h2-16,19,23H,17-18,25H2,1H3/t19-,23?/m0/s1. The average molecular weight is 358 g/mol. The highest BCUT2D eigenvalue weighted by molar-refractivity contribution is 5.82. The van der Waals surface area contributed by atoms with Crippen LogP contribution < -0.4 is 5.73 Å². The topological polar surface area (TPSA) is 46.3 Å². The summed E-state index contributed by atoms with van der Waals surface area (Å²) in [6.07, 6.45) is 0.534. The molecule has 0 fully saturated rings. The molecule has 0 bridgehead atoms. The molecular weight excluding hydrogens is 332 g/mol. The average Bonchev–Trinajstić information content (AvgIpc) is 2.73. The molecular formula is C24H26N2O. The molecule has 27 heavy (non-hydrogen) atoms. The lowest BCUT2D eigenvalue weighted by Gasteiger charge is -2.32. The number of nitrogens with two attached hydrogens (primary N) is 1. The fourth-order valence-electron chi connectivity index (χ4n) is 3.27. The Labute approximate surface area is 161 Å². The van der Waals surface area contributed by atoms with Gasteiger partial charge in [-0.05, 0) is 30.0 Å². The number of carbonyl (C=O) groups is 1. The molecule has 0 aliphatic heterocycles. The summed E-state index contributed by atoms with van der Waals surface area (Å²) in [4.78, 5) is 15.2. The van der Waals surface area contributed by atoms with Gasteiger partial charge in [-0.1, -0.05) is 91.0 Å². The van der Waals surface area contributed by atoms with Crippen LogP contribution in [0.25, 0.3) is 0 Å². The molecule has 1 unspecified atom stereocenters. The van der Waals surface area contributed by atoms with Gasteiger partial charge in [-0.3, -0.25) is 4.79 Å². The zero-order chi connectivity index (χ0) is 19.1. The summed E-state index contributed by atoms with van der Waals surface area (Å²) in [5, 5.41) is 0. The summed E-state index contributed by atoms with van der Waals surface area (Å²) in [5.74, 6) is -0.0286. The molecule has 0 saturated heterocycles. The number of hydrogen-bond acceptors (Lipinski definition) is 2. The number of carbonyl (C=O) groups excluding carboxylic acids is 1. The Morgan fingerprint density at radius 2 is 1.30 bits per heavy atom. The van der Waals surface area contributed by atoms with Crippen molar-refractivity contribution in [1.82, 2.24) is 4.90 Å². The fourth-order valence-corrected chi connectivity index (χ4v) is 3.27. The first kappa shape index (κ1) is 18.9. The van der Waals surface area contributed by atoms with Crippen LogP contribution in [0.1, 0.15) is 29.7 Å². The van der Waals surface area contributed by atoms with Crippen LogP contribution in [0.5, 0.6) is 0 Å². The summed E-state index contributed by atoms with van der Waals surface area (Å²) in [6, 6.07) is 29.5. The summed E-state index contributed by atoms with van der Waals surface area (Å²) < 4.78 is 0. The third-order valence-electron chi connectivity index (χ3n) is 4.84. The minimum Gasteiger partial charge on any atom is -0.330 e. The van der Waals surface area contributed by atoms with Crippen molar-refractivity contribution in [3.05, 3.63) is 108 Å². The SMILES string of the molecule is C[C@@H](c1ccccc1)N(Cc1ccccc1)C(=O)C(N)Cc1ccccc1. The Morgan fingerprint density at radius 1 is 0.815 bits per heavy atom. The van der Waals surface area contributed by atoms with Crippen molar-refractivity contribution in [3.63, 3.8) is 0 Å². The minimum atomic E-state index is -0.567. The molecule has 3 nitrogen and oxygen atoms in total. The minimum absolute atomic E-state index is 0.0286. The lowest BCUT2D eigenvalue weighted by atomic mass is 10.0. The molecule has 0 aromatic heterocycles. The summed E-state index contributed by atoms with van der Waals surface area (Å²) in [7, 11) is 0. The van der Waals surface area contributed by atoms with Crippen LogP contribution >= 0.6 is 0 Å². The zero-order valence-electron chi connectivity index (χ0n) is 15.7. The van der Waals surface area contributed by atoms with E-state index in [0.29, 0.717) is 13.0 Å². The Hall–Kier alpha value is -2.91. The van der Waals surface area contributed by atoms with Crippen molar-refractivity contribution in [2.75, 3.05) is 0 Å². The molecule has 2 atom stereocenters. The molecule has 3 aromatic rings. The van der Waals surface area contributed by atoms with Crippen LogP contribution in [0.15, 0.2) is 91.0 Å².